The number of carbonyl (C=O) groups is 3. The van der Waals surface area contributed by atoms with Crippen LogP contribution in [-0.2, 0) is 4.79 Å². The topological polar surface area (TPSA) is 74.7 Å². The summed E-state index contributed by atoms with van der Waals surface area (Å²) in [6.45, 7) is 0. The van der Waals surface area contributed by atoms with Gasteiger partial charge < -0.3 is 5.11 Å². The average molecular weight is 360 g/mol. The maximum absolute atomic E-state index is 12.5. The van der Waals surface area contributed by atoms with Gasteiger partial charge in [-0.3, -0.25) is 9.59 Å². The summed E-state index contributed by atoms with van der Waals surface area (Å²) in [5, 5.41) is 9.16. The number of nitrogens with zero attached hydrogens (tertiary/aromatic N) is 1. The van der Waals surface area contributed by atoms with E-state index in [1.54, 1.807) is 36.4 Å². The van der Waals surface area contributed by atoms with Crippen LogP contribution in [0.1, 0.15) is 15.9 Å². The van der Waals surface area contributed by atoms with Gasteiger partial charge in [0.15, 0.2) is 0 Å². The standard InChI is InChI=1S/C17H10ClNO4S/c18-11-5-3-6-12(9-11)19-15(20)14(24-17(19)23)8-10-4-1-2-7-13(10)16(21)22/h1-9H,(H,21,22)/b14-8+. The minimum atomic E-state index is -1.10. The van der Waals surface area contributed by atoms with Crippen LogP contribution in [0.2, 0.25) is 5.02 Å². The first-order chi connectivity index (χ1) is 11.5. The van der Waals surface area contributed by atoms with Crippen LogP contribution in [-0.4, -0.2) is 22.2 Å². The summed E-state index contributed by atoms with van der Waals surface area (Å²) >= 11 is 6.66. The Labute approximate surface area is 146 Å². The average Bonchev–Trinajstić information content (AvgIpc) is 2.81. The van der Waals surface area contributed by atoms with E-state index in [0.717, 1.165) is 16.7 Å². The van der Waals surface area contributed by atoms with Gasteiger partial charge in [0.25, 0.3) is 11.1 Å². The summed E-state index contributed by atoms with van der Waals surface area (Å²) < 4.78 is 0. The van der Waals surface area contributed by atoms with E-state index < -0.39 is 17.1 Å². The summed E-state index contributed by atoms with van der Waals surface area (Å²) in [5.41, 5.74) is 0.800. The van der Waals surface area contributed by atoms with Crippen molar-refractivity contribution < 1.29 is 19.5 Å². The normalized spacial score (nSPS) is 16.0. The molecule has 24 heavy (non-hydrogen) atoms. The van der Waals surface area contributed by atoms with Gasteiger partial charge in [-0.05, 0) is 47.7 Å². The van der Waals surface area contributed by atoms with E-state index in [9.17, 15) is 19.5 Å². The van der Waals surface area contributed by atoms with Gasteiger partial charge in [0.05, 0.1) is 16.2 Å². The minimum Gasteiger partial charge on any atom is -0.478 e. The first-order valence-corrected chi connectivity index (χ1v) is 8.02. The van der Waals surface area contributed by atoms with Gasteiger partial charge in [-0.15, -0.1) is 0 Å². The van der Waals surface area contributed by atoms with E-state index >= 15 is 0 Å². The number of aromatic carboxylic acids is 1. The van der Waals surface area contributed by atoms with Crippen LogP contribution in [0.4, 0.5) is 10.5 Å². The van der Waals surface area contributed by atoms with Crippen LogP contribution >= 0.6 is 23.4 Å². The van der Waals surface area contributed by atoms with Gasteiger partial charge in [-0.2, -0.15) is 0 Å². The van der Waals surface area contributed by atoms with Crippen molar-refractivity contribution in [3.63, 3.8) is 0 Å². The lowest BCUT2D eigenvalue weighted by Gasteiger charge is -2.12. The van der Waals surface area contributed by atoms with Crippen molar-refractivity contribution >= 4 is 52.2 Å². The maximum atomic E-state index is 12.5. The molecule has 1 fully saturated rings. The Morgan fingerprint density at radius 1 is 1.12 bits per heavy atom. The number of hydrogen-bond acceptors (Lipinski definition) is 4. The Bertz CT molecular complexity index is 894. The summed E-state index contributed by atoms with van der Waals surface area (Å²) in [5.74, 6) is -1.61. The number of anilines is 1. The number of carboxylic acids is 1. The molecule has 0 saturated carbocycles. The predicted octanol–water partition coefficient (Wildman–Crippen LogP) is 4.28. The molecule has 5 nitrogen and oxygen atoms in total. The number of hydrogen-bond donors (Lipinski definition) is 1. The van der Waals surface area contributed by atoms with Crippen molar-refractivity contribution in [2.24, 2.45) is 0 Å². The SMILES string of the molecule is O=C(O)c1ccccc1/C=C1/SC(=O)N(c2cccc(Cl)c2)C1=O. The van der Waals surface area contributed by atoms with Crippen molar-refractivity contribution in [3.05, 3.63) is 69.6 Å². The monoisotopic (exact) mass is 359 g/mol. The molecule has 7 heteroatoms. The lowest BCUT2D eigenvalue weighted by molar-refractivity contribution is -0.113. The van der Waals surface area contributed by atoms with Crippen molar-refractivity contribution in [1.82, 2.24) is 0 Å². The number of thioether (sulfide) groups is 1. The van der Waals surface area contributed by atoms with Gasteiger partial charge in [0.1, 0.15) is 0 Å². The lowest BCUT2D eigenvalue weighted by Crippen LogP contribution is -2.27. The van der Waals surface area contributed by atoms with E-state index in [1.165, 1.54) is 18.2 Å². The van der Waals surface area contributed by atoms with Crippen LogP contribution in [0.15, 0.2) is 53.4 Å². The van der Waals surface area contributed by atoms with E-state index in [-0.39, 0.29) is 10.5 Å². The molecule has 0 aliphatic carbocycles. The second kappa shape index (κ2) is 6.51. The van der Waals surface area contributed by atoms with Gasteiger partial charge in [-0.1, -0.05) is 35.9 Å². The molecule has 0 aromatic heterocycles. The molecule has 120 valence electrons. The van der Waals surface area contributed by atoms with Gasteiger partial charge in [0, 0.05) is 5.02 Å². The Kier molecular flexibility index (Phi) is 4.42. The molecule has 1 aliphatic heterocycles. The fourth-order valence-electron chi connectivity index (χ4n) is 2.26. The third-order valence-electron chi connectivity index (χ3n) is 3.34. The Hall–Kier alpha value is -2.57. The lowest BCUT2D eigenvalue weighted by atomic mass is 10.1. The molecule has 1 heterocycles. The van der Waals surface area contributed by atoms with Crippen molar-refractivity contribution in [2.75, 3.05) is 4.90 Å². The summed E-state index contributed by atoms with van der Waals surface area (Å²) in [6.07, 6.45) is 1.42. The zero-order chi connectivity index (χ0) is 17.3. The molecule has 1 N–H and O–H groups in total. The number of benzene rings is 2. The molecule has 0 spiro atoms. The summed E-state index contributed by atoms with van der Waals surface area (Å²) in [6, 6.07) is 12.7. The van der Waals surface area contributed by atoms with Crippen LogP contribution in [0.3, 0.4) is 0 Å². The van der Waals surface area contributed by atoms with Crippen molar-refractivity contribution in [2.45, 2.75) is 0 Å². The molecule has 0 radical (unpaired) electrons. The van der Waals surface area contributed by atoms with Crippen LogP contribution in [0.25, 0.3) is 6.08 Å². The molecule has 3 rings (SSSR count). The van der Waals surface area contributed by atoms with E-state index in [1.807, 2.05) is 0 Å². The first-order valence-electron chi connectivity index (χ1n) is 6.83. The molecule has 2 aromatic rings. The fourth-order valence-corrected chi connectivity index (χ4v) is 3.28. The Balaban J connectivity index is 1.99. The van der Waals surface area contributed by atoms with Crippen LogP contribution in [0, 0.1) is 0 Å². The molecular weight excluding hydrogens is 350 g/mol. The summed E-state index contributed by atoms with van der Waals surface area (Å²) in [4.78, 5) is 37.2. The molecule has 0 unspecified atom stereocenters. The number of amides is 2. The zero-order valence-electron chi connectivity index (χ0n) is 12.1. The number of carbonyl (C=O) groups excluding carboxylic acids is 2. The maximum Gasteiger partial charge on any atom is 0.336 e. The first kappa shape index (κ1) is 16.3. The van der Waals surface area contributed by atoms with E-state index in [2.05, 4.69) is 0 Å². The number of imide groups is 1. The molecule has 1 saturated heterocycles. The number of halogens is 1. The molecule has 0 atom stereocenters. The second-order valence-corrected chi connectivity index (χ2v) is 6.32. The largest absolute Gasteiger partial charge is 0.478 e. The fraction of sp³-hybridized carbons (Fsp3) is 0. The minimum absolute atomic E-state index is 0.0621. The summed E-state index contributed by atoms with van der Waals surface area (Å²) in [7, 11) is 0. The highest BCUT2D eigenvalue weighted by atomic mass is 35.5. The van der Waals surface area contributed by atoms with Crippen molar-refractivity contribution in [1.29, 1.82) is 0 Å². The van der Waals surface area contributed by atoms with Gasteiger partial charge in [0.2, 0.25) is 0 Å². The molecular formula is C17H10ClNO4S. The van der Waals surface area contributed by atoms with Gasteiger partial charge >= 0.3 is 5.97 Å². The van der Waals surface area contributed by atoms with E-state index in [4.69, 9.17) is 11.6 Å². The molecule has 2 aromatic carbocycles. The second-order valence-electron chi connectivity index (χ2n) is 4.89. The highest BCUT2D eigenvalue weighted by molar-refractivity contribution is 8.19. The van der Waals surface area contributed by atoms with Crippen LogP contribution in [0.5, 0.6) is 0 Å². The molecule has 0 bridgehead atoms. The van der Waals surface area contributed by atoms with Gasteiger partial charge in [-0.25, -0.2) is 9.69 Å². The van der Waals surface area contributed by atoms with Crippen LogP contribution < -0.4 is 4.90 Å². The Morgan fingerprint density at radius 2 is 1.88 bits per heavy atom. The van der Waals surface area contributed by atoms with E-state index in [0.29, 0.717) is 16.3 Å². The highest BCUT2D eigenvalue weighted by Crippen LogP contribution is 2.36. The van der Waals surface area contributed by atoms with Crippen molar-refractivity contribution in [3.8, 4) is 0 Å². The third kappa shape index (κ3) is 3.06. The molecule has 1 aliphatic rings. The molecule has 2 amide bonds. The zero-order valence-corrected chi connectivity index (χ0v) is 13.7. The Morgan fingerprint density at radius 3 is 2.58 bits per heavy atom. The smallest absolute Gasteiger partial charge is 0.336 e. The number of carboxylic acid groups (broad SMARTS) is 1. The predicted molar refractivity (Wildman–Crippen MR) is 93.3 cm³/mol. The third-order valence-corrected chi connectivity index (χ3v) is 4.44. The highest BCUT2D eigenvalue weighted by Gasteiger charge is 2.36. The quantitative estimate of drug-likeness (QED) is 0.828. The number of rotatable bonds is 3.